The zero-order chi connectivity index (χ0) is 11.9. The number of likely N-dealkylation sites (tertiary alicyclic amines) is 1. The van der Waals surface area contributed by atoms with Crippen LogP contribution in [0.2, 0.25) is 0 Å². The number of rotatable bonds is 2. The number of aryl methyl sites for hydroxylation is 1. The highest BCUT2D eigenvalue weighted by Gasteiger charge is 2.48. The van der Waals surface area contributed by atoms with Gasteiger partial charge in [-0.1, -0.05) is 0 Å². The molecule has 0 aliphatic carbocycles. The second-order valence-electron chi connectivity index (χ2n) is 5.18. The van der Waals surface area contributed by atoms with E-state index in [1.165, 1.54) is 0 Å². The molecule has 17 heavy (non-hydrogen) atoms. The first-order valence-corrected chi connectivity index (χ1v) is 6.21. The fraction of sp³-hybridized carbons (Fsp3) is 0.750. The summed E-state index contributed by atoms with van der Waals surface area (Å²) in [5, 5.41) is 14.5. The highest BCUT2D eigenvalue weighted by atomic mass is 16.5. The van der Waals surface area contributed by atoms with Crippen molar-refractivity contribution in [3.05, 3.63) is 18.0 Å². The van der Waals surface area contributed by atoms with Crippen molar-refractivity contribution in [2.75, 3.05) is 19.7 Å². The number of hydrogen-bond donors (Lipinski definition) is 1. The summed E-state index contributed by atoms with van der Waals surface area (Å²) in [6, 6.07) is 2.02. The van der Waals surface area contributed by atoms with Crippen LogP contribution >= 0.6 is 0 Å². The van der Waals surface area contributed by atoms with Gasteiger partial charge >= 0.3 is 0 Å². The van der Waals surface area contributed by atoms with Gasteiger partial charge in [-0.15, -0.1) is 0 Å². The summed E-state index contributed by atoms with van der Waals surface area (Å²) < 4.78 is 7.58. The van der Waals surface area contributed by atoms with Crippen LogP contribution in [-0.4, -0.2) is 51.2 Å². The maximum absolute atomic E-state index is 10.1. The summed E-state index contributed by atoms with van der Waals surface area (Å²) in [4.78, 5) is 2.23. The Morgan fingerprint density at radius 2 is 2.53 bits per heavy atom. The standard InChI is InChI=1S/C12H19N3O2/c1-14-5-3-10(13-14)7-15-8-11(16)12(9-15)4-2-6-17-12/h3,5,11,16H,2,4,6-9H2,1H3/t11-,12-/m0/s1. The second kappa shape index (κ2) is 4.08. The fourth-order valence-electron chi connectivity index (χ4n) is 2.96. The van der Waals surface area contributed by atoms with Gasteiger partial charge in [0.1, 0.15) is 5.60 Å². The average Bonchev–Trinajstić information content (AvgIpc) is 2.94. The van der Waals surface area contributed by atoms with Crippen molar-refractivity contribution in [1.82, 2.24) is 14.7 Å². The molecule has 0 amide bonds. The zero-order valence-electron chi connectivity index (χ0n) is 10.2. The molecule has 0 bridgehead atoms. The van der Waals surface area contributed by atoms with Crippen LogP contribution in [0.25, 0.3) is 0 Å². The molecule has 2 atom stereocenters. The largest absolute Gasteiger partial charge is 0.389 e. The van der Waals surface area contributed by atoms with Gasteiger partial charge in [0, 0.05) is 39.5 Å². The molecule has 2 saturated heterocycles. The summed E-state index contributed by atoms with van der Waals surface area (Å²) in [5.41, 5.74) is 0.754. The van der Waals surface area contributed by atoms with E-state index >= 15 is 0 Å². The number of aliphatic hydroxyl groups excluding tert-OH is 1. The fourth-order valence-corrected chi connectivity index (χ4v) is 2.96. The van der Waals surface area contributed by atoms with Gasteiger partial charge in [-0.3, -0.25) is 9.58 Å². The molecule has 0 aromatic carbocycles. The van der Waals surface area contributed by atoms with E-state index in [4.69, 9.17) is 4.74 Å². The van der Waals surface area contributed by atoms with Gasteiger partial charge in [0.15, 0.2) is 0 Å². The first kappa shape index (κ1) is 11.2. The van der Waals surface area contributed by atoms with Gasteiger partial charge in [-0.05, 0) is 18.9 Å². The lowest BCUT2D eigenvalue weighted by Gasteiger charge is -2.25. The first-order valence-electron chi connectivity index (χ1n) is 6.21. The van der Waals surface area contributed by atoms with Crippen LogP contribution in [-0.2, 0) is 18.3 Å². The van der Waals surface area contributed by atoms with Crippen molar-refractivity contribution in [2.45, 2.75) is 31.1 Å². The molecule has 2 fully saturated rings. The Hall–Kier alpha value is -0.910. The molecule has 1 spiro atoms. The molecule has 3 rings (SSSR count). The van der Waals surface area contributed by atoms with Crippen LogP contribution in [0.1, 0.15) is 18.5 Å². The minimum Gasteiger partial charge on any atom is -0.389 e. The van der Waals surface area contributed by atoms with E-state index in [0.717, 1.165) is 38.2 Å². The SMILES string of the molecule is Cn1ccc(CN2C[C@H](O)[C@]3(CCCO3)C2)n1. The molecule has 1 aromatic rings. The normalized spacial score (nSPS) is 33.9. The maximum atomic E-state index is 10.1. The van der Waals surface area contributed by atoms with Gasteiger partial charge in [0.05, 0.1) is 11.8 Å². The minimum atomic E-state index is -0.353. The van der Waals surface area contributed by atoms with Crippen molar-refractivity contribution < 1.29 is 9.84 Å². The van der Waals surface area contributed by atoms with Crippen molar-refractivity contribution in [3.8, 4) is 0 Å². The van der Waals surface area contributed by atoms with E-state index in [1.807, 2.05) is 24.0 Å². The summed E-state index contributed by atoms with van der Waals surface area (Å²) in [6.45, 7) is 3.10. The molecule has 0 radical (unpaired) electrons. The maximum Gasteiger partial charge on any atom is 0.108 e. The second-order valence-corrected chi connectivity index (χ2v) is 5.18. The van der Waals surface area contributed by atoms with Crippen LogP contribution in [0.5, 0.6) is 0 Å². The Kier molecular flexibility index (Phi) is 2.69. The van der Waals surface area contributed by atoms with Crippen molar-refractivity contribution in [3.63, 3.8) is 0 Å². The Balaban J connectivity index is 1.67. The van der Waals surface area contributed by atoms with E-state index in [-0.39, 0.29) is 11.7 Å². The van der Waals surface area contributed by atoms with Crippen LogP contribution in [0.3, 0.4) is 0 Å². The molecule has 0 saturated carbocycles. The Labute approximate surface area is 101 Å². The molecule has 1 aromatic heterocycles. The van der Waals surface area contributed by atoms with Crippen LogP contribution in [0, 0.1) is 0 Å². The molecule has 94 valence electrons. The Morgan fingerprint density at radius 1 is 1.65 bits per heavy atom. The molecular formula is C12H19N3O2. The molecule has 0 unspecified atom stereocenters. The van der Waals surface area contributed by atoms with E-state index in [9.17, 15) is 5.11 Å². The summed E-state index contributed by atoms with van der Waals surface area (Å²) >= 11 is 0. The van der Waals surface area contributed by atoms with Gasteiger partial charge in [-0.25, -0.2) is 0 Å². The molecule has 2 aliphatic heterocycles. The molecule has 2 aliphatic rings. The molecule has 3 heterocycles. The van der Waals surface area contributed by atoms with E-state index < -0.39 is 0 Å². The highest BCUT2D eigenvalue weighted by Crippen LogP contribution is 2.35. The van der Waals surface area contributed by atoms with Crippen molar-refractivity contribution >= 4 is 0 Å². The third-order valence-corrected chi connectivity index (χ3v) is 3.82. The van der Waals surface area contributed by atoms with E-state index in [1.54, 1.807) is 0 Å². The monoisotopic (exact) mass is 237 g/mol. The lowest BCUT2D eigenvalue weighted by atomic mass is 9.97. The van der Waals surface area contributed by atoms with Gasteiger partial charge in [0.25, 0.3) is 0 Å². The van der Waals surface area contributed by atoms with Gasteiger partial charge < -0.3 is 9.84 Å². The first-order chi connectivity index (χ1) is 8.18. The average molecular weight is 237 g/mol. The number of β-amino-alcohol motifs (C(OH)–C–C–N with tert-alkyl or cyclic N) is 1. The van der Waals surface area contributed by atoms with E-state index in [0.29, 0.717) is 6.54 Å². The van der Waals surface area contributed by atoms with Gasteiger partial charge in [-0.2, -0.15) is 5.10 Å². The van der Waals surface area contributed by atoms with Crippen molar-refractivity contribution in [1.29, 1.82) is 0 Å². The van der Waals surface area contributed by atoms with Crippen LogP contribution in [0.15, 0.2) is 12.3 Å². The molecule has 5 nitrogen and oxygen atoms in total. The predicted molar refractivity (Wildman–Crippen MR) is 62.4 cm³/mol. The number of aliphatic hydroxyl groups is 1. The Morgan fingerprint density at radius 3 is 3.18 bits per heavy atom. The third kappa shape index (κ3) is 1.99. The van der Waals surface area contributed by atoms with Crippen LogP contribution in [0.4, 0.5) is 0 Å². The minimum absolute atomic E-state index is 0.297. The lowest BCUT2D eigenvalue weighted by Crippen LogP contribution is -2.40. The Bertz CT molecular complexity index is 398. The predicted octanol–water partition coefficient (Wildman–Crippen LogP) is 0.146. The highest BCUT2D eigenvalue weighted by molar-refractivity contribution is 5.05. The number of aromatic nitrogens is 2. The number of hydrogen-bond acceptors (Lipinski definition) is 4. The lowest BCUT2D eigenvalue weighted by molar-refractivity contribution is -0.0593. The van der Waals surface area contributed by atoms with Crippen molar-refractivity contribution in [2.24, 2.45) is 7.05 Å². The third-order valence-electron chi connectivity index (χ3n) is 3.82. The van der Waals surface area contributed by atoms with Gasteiger partial charge in [0.2, 0.25) is 0 Å². The quantitative estimate of drug-likeness (QED) is 0.795. The molecule has 5 heteroatoms. The number of ether oxygens (including phenoxy) is 1. The van der Waals surface area contributed by atoms with E-state index in [2.05, 4.69) is 10.00 Å². The summed E-state index contributed by atoms with van der Waals surface area (Å²) in [5.74, 6) is 0. The summed E-state index contributed by atoms with van der Waals surface area (Å²) in [7, 11) is 1.92. The smallest absolute Gasteiger partial charge is 0.108 e. The summed E-state index contributed by atoms with van der Waals surface area (Å²) in [6.07, 6.45) is 3.64. The molecular weight excluding hydrogens is 218 g/mol. The number of nitrogens with zero attached hydrogens (tertiary/aromatic N) is 3. The zero-order valence-corrected chi connectivity index (χ0v) is 10.2. The van der Waals surface area contributed by atoms with Crippen LogP contribution < -0.4 is 0 Å². The molecule has 1 N–H and O–H groups in total. The topological polar surface area (TPSA) is 50.5 Å².